The predicted molar refractivity (Wildman–Crippen MR) is 80.4 cm³/mol. The van der Waals surface area contributed by atoms with Crippen LogP contribution in [0.15, 0.2) is 18.2 Å². The summed E-state index contributed by atoms with van der Waals surface area (Å²) >= 11 is 0. The fourth-order valence-corrected chi connectivity index (χ4v) is 2.97. The van der Waals surface area contributed by atoms with Crippen LogP contribution in [0.4, 0.5) is 5.69 Å². The molecule has 2 N–H and O–H groups in total. The second kappa shape index (κ2) is 6.80. The molecule has 1 aromatic rings. The van der Waals surface area contributed by atoms with E-state index < -0.39 is 0 Å². The number of anilines is 1. The van der Waals surface area contributed by atoms with Gasteiger partial charge in [-0.3, -0.25) is 4.90 Å². The molecule has 3 nitrogen and oxygen atoms in total. The van der Waals surface area contributed by atoms with Crippen LogP contribution in [-0.4, -0.2) is 24.1 Å². The number of hydrogen-bond acceptors (Lipinski definition) is 3. The quantitative estimate of drug-likeness (QED) is 0.826. The average molecular weight is 262 g/mol. The van der Waals surface area contributed by atoms with Crippen molar-refractivity contribution in [3.63, 3.8) is 0 Å². The zero-order chi connectivity index (χ0) is 13.7. The van der Waals surface area contributed by atoms with Crippen molar-refractivity contribution in [1.29, 1.82) is 0 Å². The normalized spacial score (nSPS) is 20.4. The fraction of sp³-hybridized carbons (Fsp3) is 0.625. The first-order valence-corrected chi connectivity index (χ1v) is 7.49. The van der Waals surface area contributed by atoms with Crippen molar-refractivity contribution in [1.82, 2.24) is 4.90 Å². The number of hydrogen-bond donors (Lipinski definition) is 1. The summed E-state index contributed by atoms with van der Waals surface area (Å²) in [6, 6.07) is 6.69. The van der Waals surface area contributed by atoms with Crippen molar-refractivity contribution in [3.05, 3.63) is 23.8 Å². The number of benzene rings is 1. The Kier molecular flexibility index (Phi) is 5.08. The lowest BCUT2D eigenvalue weighted by molar-refractivity contribution is 0.134. The smallest absolute Gasteiger partial charge is 0.123 e. The van der Waals surface area contributed by atoms with Crippen LogP contribution >= 0.6 is 0 Å². The third-order valence-corrected chi connectivity index (χ3v) is 3.98. The fourth-order valence-electron chi connectivity index (χ4n) is 2.97. The van der Waals surface area contributed by atoms with Gasteiger partial charge in [-0.1, -0.05) is 13.3 Å². The van der Waals surface area contributed by atoms with Crippen LogP contribution in [0.3, 0.4) is 0 Å². The SMILES string of the molecule is CCOc1ccc(N)cc1CN1CCCCC1CC. The minimum Gasteiger partial charge on any atom is -0.494 e. The van der Waals surface area contributed by atoms with E-state index in [1.54, 1.807) is 0 Å². The van der Waals surface area contributed by atoms with Gasteiger partial charge < -0.3 is 10.5 Å². The molecule has 0 radical (unpaired) electrons. The van der Waals surface area contributed by atoms with Crippen molar-refractivity contribution < 1.29 is 4.74 Å². The van der Waals surface area contributed by atoms with E-state index >= 15 is 0 Å². The second-order valence-corrected chi connectivity index (χ2v) is 5.33. The minimum absolute atomic E-state index is 0.703. The Morgan fingerprint density at radius 3 is 2.89 bits per heavy atom. The summed E-state index contributed by atoms with van der Waals surface area (Å²) in [5, 5.41) is 0. The Hall–Kier alpha value is -1.22. The summed E-state index contributed by atoms with van der Waals surface area (Å²) in [5.41, 5.74) is 7.97. The third-order valence-electron chi connectivity index (χ3n) is 3.98. The van der Waals surface area contributed by atoms with Gasteiger partial charge >= 0.3 is 0 Å². The molecule has 1 fully saturated rings. The number of nitrogens with two attached hydrogens (primary N) is 1. The Bertz CT molecular complexity index is 406. The van der Waals surface area contributed by atoms with E-state index in [0.717, 1.165) is 18.0 Å². The highest BCUT2D eigenvalue weighted by Gasteiger charge is 2.21. The number of nitrogen functional groups attached to an aromatic ring is 1. The molecule has 1 unspecified atom stereocenters. The van der Waals surface area contributed by atoms with Crippen molar-refractivity contribution in [2.45, 2.75) is 52.1 Å². The highest BCUT2D eigenvalue weighted by Crippen LogP contribution is 2.27. The minimum atomic E-state index is 0.703. The summed E-state index contributed by atoms with van der Waals surface area (Å²) in [4.78, 5) is 2.58. The van der Waals surface area contributed by atoms with E-state index in [1.165, 1.54) is 37.8 Å². The molecule has 1 aliphatic rings. The van der Waals surface area contributed by atoms with E-state index in [4.69, 9.17) is 10.5 Å². The number of likely N-dealkylation sites (tertiary alicyclic amines) is 1. The van der Waals surface area contributed by atoms with Crippen LogP contribution in [0, 0.1) is 0 Å². The van der Waals surface area contributed by atoms with E-state index in [-0.39, 0.29) is 0 Å². The molecular formula is C16H26N2O. The lowest BCUT2D eigenvalue weighted by Gasteiger charge is -2.35. The van der Waals surface area contributed by atoms with E-state index in [0.29, 0.717) is 12.6 Å². The zero-order valence-corrected chi connectivity index (χ0v) is 12.2. The van der Waals surface area contributed by atoms with Crippen molar-refractivity contribution >= 4 is 5.69 Å². The Morgan fingerprint density at radius 1 is 1.32 bits per heavy atom. The monoisotopic (exact) mass is 262 g/mol. The van der Waals surface area contributed by atoms with Crippen molar-refractivity contribution in [2.75, 3.05) is 18.9 Å². The molecule has 1 aliphatic heterocycles. The summed E-state index contributed by atoms with van der Waals surface area (Å²) < 4.78 is 5.72. The Balaban J connectivity index is 2.14. The Labute approximate surface area is 116 Å². The van der Waals surface area contributed by atoms with Crippen LogP contribution in [0.1, 0.15) is 45.1 Å². The maximum Gasteiger partial charge on any atom is 0.123 e. The molecule has 0 amide bonds. The molecular weight excluding hydrogens is 236 g/mol. The topological polar surface area (TPSA) is 38.5 Å². The summed E-state index contributed by atoms with van der Waals surface area (Å²) in [7, 11) is 0. The van der Waals surface area contributed by atoms with Gasteiger partial charge in [-0.2, -0.15) is 0 Å². The van der Waals surface area contributed by atoms with Crippen molar-refractivity contribution in [3.8, 4) is 5.75 Å². The Morgan fingerprint density at radius 2 is 2.16 bits per heavy atom. The summed E-state index contributed by atoms with van der Waals surface area (Å²) in [5.74, 6) is 0.983. The summed E-state index contributed by atoms with van der Waals surface area (Å²) in [6.45, 7) is 7.16. The van der Waals surface area contributed by atoms with Gasteiger partial charge in [0.25, 0.3) is 0 Å². The lowest BCUT2D eigenvalue weighted by Crippen LogP contribution is -2.38. The predicted octanol–water partition coefficient (Wildman–Crippen LogP) is 3.43. The van der Waals surface area contributed by atoms with Crippen LogP contribution in [-0.2, 0) is 6.54 Å². The van der Waals surface area contributed by atoms with Gasteiger partial charge in [0.15, 0.2) is 0 Å². The molecule has 0 aromatic heterocycles. The first kappa shape index (κ1) is 14.2. The van der Waals surface area contributed by atoms with Crippen LogP contribution < -0.4 is 10.5 Å². The van der Waals surface area contributed by atoms with Crippen LogP contribution in [0.5, 0.6) is 5.75 Å². The van der Waals surface area contributed by atoms with Gasteiger partial charge in [-0.15, -0.1) is 0 Å². The van der Waals surface area contributed by atoms with Crippen LogP contribution in [0.2, 0.25) is 0 Å². The standard InChI is InChI=1S/C16H26N2O/c1-3-15-7-5-6-10-18(15)12-13-11-14(17)8-9-16(13)19-4-2/h8-9,11,15H,3-7,10,12,17H2,1-2H3. The summed E-state index contributed by atoms with van der Waals surface area (Å²) in [6.07, 6.45) is 5.22. The van der Waals surface area contributed by atoms with Crippen LogP contribution in [0.25, 0.3) is 0 Å². The third kappa shape index (κ3) is 3.63. The zero-order valence-electron chi connectivity index (χ0n) is 12.2. The molecule has 0 aliphatic carbocycles. The highest BCUT2D eigenvalue weighted by molar-refractivity contribution is 5.47. The van der Waals surface area contributed by atoms with Gasteiger partial charge in [0.1, 0.15) is 5.75 Å². The molecule has 19 heavy (non-hydrogen) atoms. The molecule has 1 heterocycles. The largest absolute Gasteiger partial charge is 0.494 e. The van der Waals surface area contributed by atoms with Gasteiger partial charge in [0.05, 0.1) is 6.61 Å². The number of nitrogens with zero attached hydrogens (tertiary/aromatic N) is 1. The number of rotatable bonds is 5. The van der Waals surface area contributed by atoms with Gasteiger partial charge in [0, 0.05) is 23.8 Å². The maximum absolute atomic E-state index is 5.92. The van der Waals surface area contributed by atoms with Gasteiger partial charge in [-0.05, 0) is 50.9 Å². The molecule has 106 valence electrons. The molecule has 2 rings (SSSR count). The van der Waals surface area contributed by atoms with Gasteiger partial charge in [-0.25, -0.2) is 0 Å². The second-order valence-electron chi connectivity index (χ2n) is 5.33. The van der Waals surface area contributed by atoms with E-state index in [9.17, 15) is 0 Å². The highest BCUT2D eigenvalue weighted by atomic mass is 16.5. The lowest BCUT2D eigenvalue weighted by atomic mass is 9.99. The maximum atomic E-state index is 5.92. The van der Waals surface area contributed by atoms with E-state index in [1.807, 2.05) is 19.1 Å². The molecule has 0 saturated carbocycles. The molecule has 3 heteroatoms. The molecule has 1 saturated heterocycles. The molecule has 0 bridgehead atoms. The molecule has 0 spiro atoms. The number of ether oxygens (including phenoxy) is 1. The van der Waals surface area contributed by atoms with E-state index in [2.05, 4.69) is 17.9 Å². The number of piperidine rings is 1. The molecule has 1 aromatic carbocycles. The first-order chi connectivity index (χ1) is 9.24. The van der Waals surface area contributed by atoms with Gasteiger partial charge in [0.2, 0.25) is 0 Å². The van der Waals surface area contributed by atoms with Crippen molar-refractivity contribution in [2.24, 2.45) is 0 Å². The first-order valence-electron chi connectivity index (χ1n) is 7.49. The average Bonchev–Trinajstić information content (AvgIpc) is 2.42. The molecule has 1 atom stereocenters.